The Morgan fingerprint density at radius 1 is 1.22 bits per heavy atom. The maximum Gasteiger partial charge on any atom is 0.410 e. The summed E-state index contributed by atoms with van der Waals surface area (Å²) < 4.78 is 5.53. The Morgan fingerprint density at radius 2 is 2.00 bits per heavy atom. The van der Waals surface area contributed by atoms with Crippen molar-refractivity contribution in [1.29, 1.82) is 0 Å². The lowest BCUT2D eigenvalue weighted by Crippen LogP contribution is -2.40. The van der Waals surface area contributed by atoms with Crippen molar-refractivity contribution in [2.45, 2.75) is 32.4 Å². The average Bonchev–Trinajstić information content (AvgIpc) is 2.66. The van der Waals surface area contributed by atoms with E-state index in [1.807, 2.05) is 54.6 Å². The molecule has 2 aromatic rings. The summed E-state index contributed by atoms with van der Waals surface area (Å²) in [7, 11) is 0. The Morgan fingerprint density at radius 3 is 2.74 bits per heavy atom. The molecule has 0 bridgehead atoms. The Bertz CT molecular complexity index is 848. The zero-order valence-corrected chi connectivity index (χ0v) is 16.0. The van der Waals surface area contributed by atoms with Gasteiger partial charge in [0.2, 0.25) is 0 Å². The molecule has 0 aromatic heterocycles. The molecular formula is C22H22ClNO3. The van der Waals surface area contributed by atoms with E-state index in [9.17, 15) is 9.59 Å². The van der Waals surface area contributed by atoms with Gasteiger partial charge < -0.3 is 9.64 Å². The number of halogens is 1. The van der Waals surface area contributed by atoms with E-state index in [2.05, 4.69) is 0 Å². The van der Waals surface area contributed by atoms with Crippen LogP contribution >= 0.6 is 11.6 Å². The second kappa shape index (κ2) is 8.87. The SMILES string of the molecule is CC(=O)/C=C/CC1c2ccc(Cl)cc2CCN1C(=O)OCc1ccccc1. The van der Waals surface area contributed by atoms with Gasteiger partial charge in [0, 0.05) is 11.6 Å². The van der Waals surface area contributed by atoms with Crippen LogP contribution in [0.1, 0.15) is 36.1 Å². The predicted molar refractivity (Wildman–Crippen MR) is 106 cm³/mol. The van der Waals surface area contributed by atoms with Crippen molar-refractivity contribution in [2.24, 2.45) is 0 Å². The molecule has 3 rings (SSSR count). The van der Waals surface area contributed by atoms with Crippen LogP contribution in [0.4, 0.5) is 4.79 Å². The first kappa shape index (κ1) is 19.2. The molecule has 1 heterocycles. The number of rotatable bonds is 5. The van der Waals surface area contributed by atoms with Crippen molar-refractivity contribution >= 4 is 23.5 Å². The van der Waals surface area contributed by atoms with Gasteiger partial charge in [0.15, 0.2) is 5.78 Å². The molecule has 0 aliphatic carbocycles. The third-order valence-corrected chi connectivity index (χ3v) is 4.85. The molecule has 1 amide bonds. The predicted octanol–water partition coefficient (Wildman–Crippen LogP) is 5.11. The van der Waals surface area contributed by atoms with Gasteiger partial charge in [-0.1, -0.05) is 54.1 Å². The van der Waals surface area contributed by atoms with Gasteiger partial charge in [-0.3, -0.25) is 4.79 Å². The molecule has 0 saturated carbocycles. The third-order valence-electron chi connectivity index (χ3n) is 4.61. The summed E-state index contributed by atoms with van der Waals surface area (Å²) in [5.41, 5.74) is 3.13. The first-order valence-corrected chi connectivity index (χ1v) is 9.35. The minimum absolute atomic E-state index is 0.0136. The number of allylic oxidation sites excluding steroid dienone is 1. The molecule has 0 fully saturated rings. The summed E-state index contributed by atoms with van der Waals surface area (Å²) in [5.74, 6) is -0.0136. The Kier molecular flexibility index (Phi) is 6.30. The van der Waals surface area contributed by atoms with Gasteiger partial charge in [0.05, 0.1) is 6.04 Å². The Hall–Kier alpha value is -2.59. The van der Waals surface area contributed by atoms with Crippen molar-refractivity contribution in [2.75, 3.05) is 6.54 Å². The van der Waals surface area contributed by atoms with Crippen LogP contribution in [0.3, 0.4) is 0 Å². The summed E-state index contributed by atoms with van der Waals surface area (Å²) in [4.78, 5) is 25.7. The van der Waals surface area contributed by atoms with E-state index in [0.717, 1.165) is 23.1 Å². The zero-order chi connectivity index (χ0) is 19.2. The van der Waals surface area contributed by atoms with E-state index in [1.165, 1.54) is 13.0 Å². The molecule has 1 aliphatic heterocycles. The summed E-state index contributed by atoms with van der Waals surface area (Å²) >= 11 is 6.12. The maximum atomic E-state index is 12.7. The van der Waals surface area contributed by atoms with Crippen molar-refractivity contribution in [1.82, 2.24) is 4.90 Å². The van der Waals surface area contributed by atoms with Gasteiger partial charge in [-0.25, -0.2) is 4.79 Å². The fourth-order valence-corrected chi connectivity index (χ4v) is 3.51. The molecule has 5 heteroatoms. The van der Waals surface area contributed by atoms with Crippen LogP contribution in [0, 0.1) is 0 Å². The van der Waals surface area contributed by atoms with E-state index in [1.54, 1.807) is 4.90 Å². The van der Waals surface area contributed by atoms with Crippen molar-refractivity contribution in [3.05, 3.63) is 82.4 Å². The fourth-order valence-electron chi connectivity index (χ4n) is 3.32. The van der Waals surface area contributed by atoms with E-state index in [4.69, 9.17) is 16.3 Å². The number of amides is 1. The average molecular weight is 384 g/mol. The second-order valence-corrected chi connectivity index (χ2v) is 7.03. The molecule has 0 spiro atoms. The Labute approximate surface area is 164 Å². The molecule has 1 atom stereocenters. The van der Waals surface area contributed by atoms with Crippen LogP contribution in [0.5, 0.6) is 0 Å². The molecule has 4 nitrogen and oxygen atoms in total. The monoisotopic (exact) mass is 383 g/mol. The number of ether oxygens (including phenoxy) is 1. The standard InChI is InChI=1S/C22H22ClNO3/c1-16(25)6-5-9-21-20-11-10-19(23)14-18(20)12-13-24(21)22(26)27-15-17-7-3-2-4-8-17/h2-8,10-11,14,21H,9,12-13,15H2,1H3/b6-5+. The lowest BCUT2D eigenvalue weighted by molar-refractivity contribution is -0.112. The number of hydrogen-bond donors (Lipinski definition) is 0. The molecule has 0 radical (unpaired) electrons. The molecule has 2 aromatic carbocycles. The van der Waals surface area contributed by atoms with Crippen molar-refractivity contribution in [3.63, 3.8) is 0 Å². The molecule has 1 unspecified atom stereocenters. The quantitative estimate of drug-likeness (QED) is 0.674. The number of ketones is 1. The van der Waals surface area contributed by atoms with Crippen LogP contribution in [0.15, 0.2) is 60.7 Å². The minimum atomic E-state index is -0.347. The van der Waals surface area contributed by atoms with Gasteiger partial charge >= 0.3 is 6.09 Å². The molecule has 27 heavy (non-hydrogen) atoms. The second-order valence-electron chi connectivity index (χ2n) is 6.59. The first-order chi connectivity index (χ1) is 13.0. The van der Waals surface area contributed by atoms with Crippen molar-refractivity contribution < 1.29 is 14.3 Å². The van der Waals surface area contributed by atoms with Gasteiger partial charge in [-0.2, -0.15) is 0 Å². The maximum absolute atomic E-state index is 12.7. The van der Waals surface area contributed by atoms with E-state index in [-0.39, 0.29) is 24.5 Å². The van der Waals surface area contributed by atoms with Gasteiger partial charge in [0.25, 0.3) is 0 Å². The summed E-state index contributed by atoms with van der Waals surface area (Å²) in [6, 6.07) is 15.2. The highest BCUT2D eigenvalue weighted by Crippen LogP contribution is 2.34. The van der Waals surface area contributed by atoms with Gasteiger partial charge in [-0.15, -0.1) is 0 Å². The van der Waals surface area contributed by atoms with E-state index < -0.39 is 0 Å². The van der Waals surface area contributed by atoms with Gasteiger partial charge in [0.1, 0.15) is 6.61 Å². The van der Waals surface area contributed by atoms with E-state index >= 15 is 0 Å². The topological polar surface area (TPSA) is 46.6 Å². The number of benzene rings is 2. The molecule has 140 valence electrons. The minimum Gasteiger partial charge on any atom is -0.445 e. The van der Waals surface area contributed by atoms with Crippen LogP contribution in [-0.4, -0.2) is 23.3 Å². The molecule has 1 aliphatic rings. The number of fused-ring (bicyclic) bond motifs is 1. The number of nitrogens with zero attached hydrogens (tertiary/aromatic N) is 1. The lowest BCUT2D eigenvalue weighted by Gasteiger charge is -2.36. The molecule has 0 N–H and O–H groups in total. The van der Waals surface area contributed by atoms with E-state index in [0.29, 0.717) is 18.0 Å². The summed E-state index contributed by atoms with van der Waals surface area (Å²) in [6.45, 7) is 2.30. The Balaban J connectivity index is 1.78. The fraction of sp³-hybridized carbons (Fsp3) is 0.273. The highest BCUT2D eigenvalue weighted by molar-refractivity contribution is 6.30. The number of carbonyl (C=O) groups is 2. The normalized spacial score (nSPS) is 16.2. The van der Waals surface area contributed by atoms with Crippen molar-refractivity contribution in [3.8, 4) is 0 Å². The van der Waals surface area contributed by atoms with Crippen LogP contribution in [0.2, 0.25) is 5.02 Å². The van der Waals surface area contributed by atoms with Crippen LogP contribution < -0.4 is 0 Å². The highest BCUT2D eigenvalue weighted by atomic mass is 35.5. The third kappa shape index (κ3) is 4.98. The molecular weight excluding hydrogens is 362 g/mol. The number of hydrogen-bond acceptors (Lipinski definition) is 3. The highest BCUT2D eigenvalue weighted by Gasteiger charge is 2.31. The zero-order valence-electron chi connectivity index (χ0n) is 15.2. The first-order valence-electron chi connectivity index (χ1n) is 8.97. The van der Waals surface area contributed by atoms with Crippen LogP contribution in [0.25, 0.3) is 0 Å². The largest absolute Gasteiger partial charge is 0.445 e. The van der Waals surface area contributed by atoms with Gasteiger partial charge in [-0.05, 0) is 54.7 Å². The number of carbonyl (C=O) groups excluding carboxylic acids is 2. The smallest absolute Gasteiger partial charge is 0.410 e. The molecule has 0 saturated heterocycles. The summed E-state index contributed by atoms with van der Waals surface area (Å²) in [5, 5.41) is 0.687. The van der Waals surface area contributed by atoms with Crippen LogP contribution in [-0.2, 0) is 22.6 Å². The summed E-state index contributed by atoms with van der Waals surface area (Å²) in [6.07, 6.45) is 4.28. The lowest BCUT2D eigenvalue weighted by atomic mass is 9.91.